The molecule has 0 saturated heterocycles. The van der Waals surface area contributed by atoms with Gasteiger partial charge in [0.1, 0.15) is 0 Å². The molecule has 0 rings (SSSR count). The minimum Gasteiger partial charge on any atom is -0.394 e. The number of allylic oxidation sites excluding steroid dienone is 7. The Morgan fingerprint density at radius 1 is 0.523 bits per heavy atom. The van der Waals surface area contributed by atoms with E-state index in [4.69, 9.17) is 0 Å². The largest absolute Gasteiger partial charge is 0.394 e. The minimum absolute atomic E-state index is 0.0925. The third-order valence-electron chi connectivity index (χ3n) is 8.24. The van der Waals surface area contributed by atoms with Gasteiger partial charge in [-0.15, -0.1) is 0 Å². The topological polar surface area (TPSA) is 69.6 Å². The number of hydrogen-bond acceptors (Lipinski definition) is 3. The fraction of sp³-hybridized carbons (Fsp3) is 0.775. The molecule has 2 unspecified atom stereocenters. The van der Waals surface area contributed by atoms with E-state index in [9.17, 15) is 15.0 Å². The van der Waals surface area contributed by atoms with E-state index in [2.05, 4.69) is 55.6 Å². The normalized spacial score (nSPS) is 13.6. The second-order valence-electron chi connectivity index (χ2n) is 12.6. The van der Waals surface area contributed by atoms with Crippen LogP contribution >= 0.6 is 0 Å². The van der Waals surface area contributed by atoms with Gasteiger partial charge in [0.05, 0.1) is 18.8 Å². The van der Waals surface area contributed by atoms with Crippen LogP contribution in [0.25, 0.3) is 0 Å². The van der Waals surface area contributed by atoms with E-state index in [1.54, 1.807) is 6.08 Å². The van der Waals surface area contributed by atoms with Crippen molar-refractivity contribution in [2.75, 3.05) is 6.61 Å². The van der Waals surface area contributed by atoms with Crippen LogP contribution < -0.4 is 5.32 Å². The van der Waals surface area contributed by atoms with Crippen molar-refractivity contribution in [3.8, 4) is 0 Å². The lowest BCUT2D eigenvalue weighted by molar-refractivity contribution is -0.123. The Balaban J connectivity index is 3.68. The zero-order valence-electron chi connectivity index (χ0n) is 29.2. The van der Waals surface area contributed by atoms with Crippen molar-refractivity contribution >= 4 is 5.91 Å². The average molecular weight is 616 g/mol. The highest BCUT2D eigenvalue weighted by atomic mass is 16.3. The van der Waals surface area contributed by atoms with Gasteiger partial charge in [0, 0.05) is 6.42 Å². The van der Waals surface area contributed by atoms with Crippen LogP contribution in [-0.4, -0.2) is 34.9 Å². The van der Waals surface area contributed by atoms with Crippen molar-refractivity contribution < 1.29 is 15.0 Å². The van der Waals surface area contributed by atoms with Gasteiger partial charge in [-0.3, -0.25) is 4.79 Å². The van der Waals surface area contributed by atoms with E-state index in [-0.39, 0.29) is 12.5 Å². The van der Waals surface area contributed by atoms with Gasteiger partial charge in [-0.1, -0.05) is 159 Å². The number of carbonyl (C=O) groups excluding carboxylic acids is 1. The van der Waals surface area contributed by atoms with E-state index in [0.717, 1.165) is 51.4 Å². The highest BCUT2D eigenvalue weighted by Crippen LogP contribution is 2.13. The lowest BCUT2D eigenvalue weighted by Crippen LogP contribution is -2.45. The minimum atomic E-state index is -0.871. The first-order valence-electron chi connectivity index (χ1n) is 18.9. The van der Waals surface area contributed by atoms with Crippen LogP contribution in [0.2, 0.25) is 0 Å². The predicted molar refractivity (Wildman–Crippen MR) is 193 cm³/mol. The lowest BCUT2D eigenvalue weighted by atomic mass is 10.0. The molecule has 44 heavy (non-hydrogen) atoms. The molecule has 0 aromatic heterocycles. The summed E-state index contributed by atoms with van der Waals surface area (Å²) in [6.07, 6.45) is 47.8. The standard InChI is InChI=1S/C40H73NO3/c1-3-5-7-9-11-13-15-16-17-18-19-20-21-22-23-24-25-26-27-29-31-33-35-39(43)38(37-42)41-40(44)36-34-32-30-28-14-12-10-8-6-4-2/h8,10,22-23,26-27,33,35,38-39,42-43H,3-7,9,11-21,24-25,28-32,34,36-37H2,1-2H3,(H,41,44)/b10-8-,23-22+,27-26+,35-33+. The summed E-state index contributed by atoms with van der Waals surface area (Å²) in [6.45, 7) is 4.21. The van der Waals surface area contributed by atoms with Crippen molar-refractivity contribution in [3.05, 3.63) is 48.6 Å². The molecular formula is C40H73NO3. The fourth-order valence-corrected chi connectivity index (χ4v) is 5.33. The number of hydrogen-bond donors (Lipinski definition) is 3. The van der Waals surface area contributed by atoms with E-state index in [1.165, 1.54) is 109 Å². The fourth-order valence-electron chi connectivity index (χ4n) is 5.33. The van der Waals surface area contributed by atoms with Crippen molar-refractivity contribution in [2.45, 2.75) is 193 Å². The van der Waals surface area contributed by atoms with Gasteiger partial charge in [0.25, 0.3) is 0 Å². The Morgan fingerprint density at radius 2 is 0.932 bits per heavy atom. The van der Waals surface area contributed by atoms with Gasteiger partial charge in [-0.2, -0.15) is 0 Å². The average Bonchev–Trinajstić information content (AvgIpc) is 3.03. The number of nitrogens with one attached hydrogen (secondary N) is 1. The maximum absolute atomic E-state index is 12.2. The highest BCUT2D eigenvalue weighted by Gasteiger charge is 2.17. The number of rotatable bonds is 33. The van der Waals surface area contributed by atoms with Gasteiger partial charge in [0.15, 0.2) is 0 Å². The van der Waals surface area contributed by atoms with Crippen LogP contribution in [-0.2, 0) is 4.79 Å². The Bertz CT molecular complexity index is 711. The second-order valence-corrected chi connectivity index (χ2v) is 12.6. The predicted octanol–water partition coefficient (Wildman–Crippen LogP) is 11.2. The summed E-state index contributed by atoms with van der Waals surface area (Å²) in [5, 5.41) is 22.8. The molecule has 2 atom stereocenters. The third kappa shape index (κ3) is 31.8. The van der Waals surface area contributed by atoms with Crippen LogP contribution in [0.5, 0.6) is 0 Å². The molecule has 0 radical (unpaired) electrons. The zero-order valence-corrected chi connectivity index (χ0v) is 29.2. The van der Waals surface area contributed by atoms with Crippen LogP contribution in [0.4, 0.5) is 0 Å². The maximum atomic E-state index is 12.2. The lowest BCUT2D eigenvalue weighted by Gasteiger charge is -2.19. The van der Waals surface area contributed by atoms with Gasteiger partial charge >= 0.3 is 0 Å². The molecular weight excluding hydrogens is 542 g/mol. The Labute approximate surface area is 274 Å². The van der Waals surface area contributed by atoms with Crippen LogP contribution in [0, 0.1) is 0 Å². The molecule has 0 fully saturated rings. The molecule has 0 spiro atoms. The van der Waals surface area contributed by atoms with E-state index in [0.29, 0.717) is 6.42 Å². The maximum Gasteiger partial charge on any atom is 0.220 e. The molecule has 1 amide bonds. The summed E-state index contributed by atoms with van der Waals surface area (Å²) in [7, 11) is 0. The Morgan fingerprint density at radius 3 is 1.41 bits per heavy atom. The summed E-state index contributed by atoms with van der Waals surface area (Å²) in [5.41, 5.74) is 0. The number of unbranched alkanes of at least 4 members (excludes halogenated alkanes) is 20. The summed E-state index contributed by atoms with van der Waals surface area (Å²) in [4.78, 5) is 12.2. The zero-order chi connectivity index (χ0) is 32.2. The summed E-state index contributed by atoms with van der Waals surface area (Å²) < 4.78 is 0. The number of amides is 1. The monoisotopic (exact) mass is 616 g/mol. The molecule has 0 aromatic carbocycles. The molecule has 0 aromatic rings. The van der Waals surface area contributed by atoms with Crippen LogP contribution in [0.1, 0.15) is 181 Å². The molecule has 0 bridgehead atoms. The molecule has 4 heteroatoms. The van der Waals surface area contributed by atoms with Crippen LogP contribution in [0.15, 0.2) is 48.6 Å². The Hall–Kier alpha value is -1.65. The van der Waals surface area contributed by atoms with Crippen molar-refractivity contribution in [1.82, 2.24) is 5.32 Å². The number of aliphatic hydroxyl groups is 2. The summed E-state index contributed by atoms with van der Waals surface area (Å²) in [5.74, 6) is -0.0925. The van der Waals surface area contributed by atoms with E-state index >= 15 is 0 Å². The first kappa shape index (κ1) is 42.3. The highest BCUT2D eigenvalue weighted by molar-refractivity contribution is 5.76. The third-order valence-corrected chi connectivity index (χ3v) is 8.24. The van der Waals surface area contributed by atoms with E-state index < -0.39 is 12.1 Å². The molecule has 0 saturated carbocycles. The molecule has 4 nitrogen and oxygen atoms in total. The first-order chi connectivity index (χ1) is 21.7. The first-order valence-corrected chi connectivity index (χ1v) is 18.9. The number of carbonyl (C=O) groups is 1. The van der Waals surface area contributed by atoms with Crippen molar-refractivity contribution in [1.29, 1.82) is 0 Å². The van der Waals surface area contributed by atoms with Crippen molar-refractivity contribution in [2.24, 2.45) is 0 Å². The summed E-state index contributed by atoms with van der Waals surface area (Å²) >= 11 is 0. The quantitative estimate of drug-likeness (QED) is 0.0508. The Kier molecular flexibility index (Phi) is 34.5. The van der Waals surface area contributed by atoms with E-state index in [1.807, 2.05) is 6.08 Å². The molecule has 0 aliphatic rings. The summed E-state index contributed by atoms with van der Waals surface area (Å²) in [6, 6.07) is -0.647. The molecule has 0 heterocycles. The van der Waals surface area contributed by atoms with Gasteiger partial charge in [0.2, 0.25) is 5.91 Å². The SMILES string of the molecule is CCC/C=C\CCCCCCCC(=O)NC(CO)C(O)/C=C/CC/C=C/CC/C=C/CCCCCCCCCCCCCC. The molecule has 256 valence electrons. The second kappa shape index (κ2) is 35.8. The van der Waals surface area contributed by atoms with Gasteiger partial charge < -0.3 is 15.5 Å². The number of aliphatic hydroxyl groups excluding tert-OH is 2. The van der Waals surface area contributed by atoms with Gasteiger partial charge in [-0.25, -0.2) is 0 Å². The van der Waals surface area contributed by atoms with Crippen LogP contribution in [0.3, 0.4) is 0 Å². The molecule has 0 aliphatic carbocycles. The molecule has 3 N–H and O–H groups in total. The van der Waals surface area contributed by atoms with Gasteiger partial charge in [-0.05, 0) is 64.2 Å². The molecule has 0 aliphatic heterocycles. The van der Waals surface area contributed by atoms with Crippen molar-refractivity contribution in [3.63, 3.8) is 0 Å². The smallest absolute Gasteiger partial charge is 0.220 e.